The van der Waals surface area contributed by atoms with Gasteiger partial charge in [0.25, 0.3) is 0 Å². The summed E-state index contributed by atoms with van der Waals surface area (Å²) in [5.41, 5.74) is 1.98. The predicted molar refractivity (Wildman–Crippen MR) is 170 cm³/mol. The van der Waals surface area contributed by atoms with Gasteiger partial charge in [0.2, 0.25) is 19.7 Å². The molecule has 0 aliphatic rings. The van der Waals surface area contributed by atoms with Crippen molar-refractivity contribution in [3.63, 3.8) is 0 Å². The highest BCUT2D eigenvalue weighted by molar-refractivity contribution is 7.91. The fraction of sp³-hybridized carbons (Fsp3) is 0.0556. The van der Waals surface area contributed by atoms with Crippen LogP contribution in [0.5, 0.6) is 23.0 Å². The summed E-state index contributed by atoms with van der Waals surface area (Å²) < 4.78 is 64.0. The van der Waals surface area contributed by atoms with Crippen LogP contribution in [-0.4, -0.2) is 16.8 Å². The molecule has 0 radical (unpaired) electrons. The first-order valence-corrected chi connectivity index (χ1v) is 16.8. The van der Waals surface area contributed by atoms with Crippen molar-refractivity contribution in [2.75, 3.05) is 0 Å². The molecule has 220 valence electrons. The van der Waals surface area contributed by atoms with Crippen molar-refractivity contribution in [2.24, 2.45) is 0 Å². The Balaban J connectivity index is 1.17. The summed E-state index contributed by atoms with van der Waals surface area (Å²) in [6, 6.07) is 37.5. The zero-order valence-corrected chi connectivity index (χ0v) is 25.6. The van der Waals surface area contributed by atoms with E-state index in [1.165, 1.54) is 24.3 Å². The molecule has 0 unspecified atom stereocenters. The monoisotopic (exact) mass is 620 g/mol. The van der Waals surface area contributed by atoms with Crippen LogP contribution < -0.4 is 9.47 Å². The third-order valence-corrected chi connectivity index (χ3v) is 10.8. The second-order valence-electron chi connectivity index (χ2n) is 10.5. The van der Waals surface area contributed by atoms with Crippen LogP contribution in [0.4, 0.5) is 0 Å². The minimum absolute atomic E-state index is 0.190. The molecule has 0 aliphatic carbocycles. The van der Waals surface area contributed by atoms with Gasteiger partial charge in [0, 0.05) is 0 Å². The Morgan fingerprint density at radius 3 is 1.00 bits per heavy atom. The second-order valence-corrected chi connectivity index (χ2v) is 14.4. The number of ether oxygens (including phenoxy) is 2. The molecule has 6 aromatic carbocycles. The number of hydrogen-bond donors (Lipinski definition) is 0. The lowest BCUT2D eigenvalue weighted by atomic mass is 10.1. The fourth-order valence-corrected chi connectivity index (χ4v) is 7.20. The fourth-order valence-electron chi connectivity index (χ4n) is 4.68. The van der Waals surface area contributed by atoms with Crippen LogP contribution in [0.15, 0.2) is 153 Å². The molecule has 0 aromatic heterocycles. The van der Waals surface area contributed by atoms with E-state index in [0.717, 1.165) is 21.9 Å². The third-order valence-electron chi connectivity index (χ3n) is 7.19. The van der Waals surface area contributed by atoms with Crippen LogP contribution in [0.2, 0.25) is 0 Å². The summed E-state index contributed by atoms with van der Waals surface area (Å²) in [5.74, 6) is 2.16. The van der Waals surface area contributed by atoms with Crippen molar-refractivity contribution >= 4 is 30.4 Å². The van der Waals surface area contributed by atoms with Crippen molar-refractivity contribution in [1.29, 1.82) is 0 Å². The largest absolute Gasteiger partial charge is 0.457 e. The van der Waals surface area contributed by atoms with Crippen molar-refractivity contribution in [1.82, 2.24) is 0 Å². The molecule has 6 aromatic rings. The third kappa shape index (κ3) is 6.08. The van der Waals surface area contributed by atoms with Crippen LogP contribution in [-0.2, 0) is 19.7 Å². The molecular formula is C36H28O6S2. The number of fused-ring (bicyclic) bond motifs is 1. The average molecular weight is 621 g/mol. The molecule has 0 fully saturated rings. The average Bonchev–Trinajstić information content (AvgIpc) is 3.02. The van der Waals surface area contributed by atoms with Crippen LogP contribution in [0.3, 0.4) is 0 Å². The number of benzene rings is 6. The topological polar surface area (TPSA) is 86.7 Å². The quantitative estimate of drug-likeness (QED) is 0.169. The predicted octanol–water partition coefficient (Wildman–Crippen LogP) is 8.71. The molecule has 0 amide bonds. The molecule has 0 N–H and O–H groups in total. The van der Waals surface area contributed by atoms with Crippen molar-refractivity contribution in [3.8, 4) is 23.0 Å². The molecule has 8 heteroatoms. The van der Waals surface area contributed by atoms with Gasteiger partial charge in [0.05, 0.1) is 19.6 Å². The molecule has 6 nitrogen and oxygen atoms in total. The van der Waals surface area contributed by atoms with Gasteiger partial charge in [-0.1, -0.05) is 47.5 Å². The smallest absolute Gasteiger partial charge is 0.206 e. The van der Waals surface area contributed by atoms with Gasteiger partial charge in [0.15, 0.2) is 0 Å². The first-order valence-electron chi connectivity index (χ1n) is 13.8. The zero-order valence-electron chi connectivity index (χ0n) is 24.0. The maximum Gasteiger partial charge on any atom is 0.206 e. The van der Waals surface area contributed by atoms with E-state index >= 15 is 0 Å². The van der Waals surface area contributed by atoms with E-state index in [1.54, 1.807) is 72.8 Å². The molecule has 0 saturated heterocycles. The summed E-state index contributed by atoms with van der Waals surface area (Å²) in [5, 5.41) is 1.85. The minimum atomic E-state index is -3.63. The summed E-state index contributed by atoms with van der Waals surface area (Å²) >= 11 is 0. The molecule has 0 heterocycles. The van der Waals surface area contributed by atoms with Crippen LogP contribution in [0, 0.1) is 13.8 Å². The van der Waals surface area contributed by atoms with Crippen LogP contribution in [0.25, 0.3) is 10.8 Å². The standard InChI is InChI=1S/C36H28O6S2/c1-25-3-15-33(16-4-25)43(37,38)35-19-11-29(12-20-35)41-31-9-7-27-8-10-32(24-28(27)23-31)42-30-13-21-36(22-14-30)44(39,40)34-17-5-26(2)6-18-34/h3-24H,1-2H3. The van der Waals surface area contributed by atoms with Gasteiger partial charge in [-0.2, -0.15) is 0 Å². The van der Waals surface area contributed by atoms with Gasteiger partial charge in [0.1, 0.15) is 23.0 Å². The van der Waals surface area contributed by atoms with E-state index in [0.29, 0.717) is 23.0 Å². The van der Waals surface area contributed by atoms with E-state index in [-0.39, 0.29) is 19.6 Å². The van der Waals surface area contributed by atoms with Gasteiger partial charge in [-0.15, -0.1) is 0 Å². The normalized spacial score (nSPS) is 11.8. The van der Waals surface area contributed by atoms with Crippen LogP contribution >= 0.6 is 0 Å². The molecule has 0 saturated carbocycles. The lowest BCUT2D eigenvalue weighted by Crippen LogP contribution is -2.01. The number of sulfone groups is 2. The number of rotatable bonds is 8. The van der Waals surface area contributed by atoms with Crippen molar-refractivity contribution in [3.05, 3.63) is 145 Å². The molecule has 6 rings (SSSR count). The highest BCUT2D eigenvalue weighted by Gasteiger charge is 2.18. The van der Waals surface area contributed by atoms with Gasteiger partial charge in [-0.25, -0.2) is 16.8 Å². The Morgan fingerprint density at radius 2 is 0.659 bits per heavy atom. The molecule has 0 spiro atoms. The highest BCUT2D eigenvalue weighted by atomic mass is 32.2. The van der Waals surface area contributed by atoms with E-state index in [4.69, 9.17) is 9.47 Å². The Kier molecular flexibility index (Phi) is 7.71. The molecule has 0 aliphatic heterocycles. The summed E-state index contributed by atoms with van der Waals surface area (Å²) in [6.45, 7) is 3.82. The summed E-state index contributed by atoms with van der Waals surface area (Å²) in [7, 11) is -7.26. The lowest BCUT2D eigenvalue weighted by molar-refractivity contribution is 0.481. The molecule has 0 bridgehead atoms. The van der Waals surface area contributed by atoms with Gasteiger partial charge in [-0.05, 0) is 122 Å². The Morgan fingerprint density at radius 1 is 0.364 bits per heavy atom. The van der Waals surface area contributed by atoms with Crippen LogP contribution in [0.1, 0.15) is 11.1 Å². The first kappa shape index (κ1) is 29.2. The number of aryl methyl sites for hydroxylation is 2. The Hall–Kier alpha value is -4.92. The van der Waals surface area contributed by atoms with E-state index < -0.39 is 19.7 Å². The molecule has 0 atom stereocenters. The van der Waals surface area contributed by atoms with Crippen molar-refractivity contribution < 1.29 is 26.3 Å². The minimum Gasteiger partial charge on any atom is -0.457 e. The second kappa shape index (κ2) is 11.6. The van der Waals surface area contributed by atoms with Gasteiger partial charge in [-0.3, -0.25) is 0 Å². The first-order chi connectivity index (χ1) is 21.1. The Bertz CT molecular complexity index is 2010. The molecular weight excluding hydrogens is 593 g/mol. The van der Waals surface area contributed by atoms with E-state index in [1.807, 2.05) is 50.2 Å². The van der Waals surface area contributed by atoms with E-state index in [9.17, 15) is 16.8 Å². The highest BCUT2D eigenvalue weighted by Crippen LogP contribution is 2.32. The molecule has 44 heavy (non-hydrogen) atoms. The summed E-state index contributed by atoms with van der Waals surface area (Å²) in [6.07, 6.45) is 0. The SMILES string of the molecule is Cc1ccc(S(=O)(=O)c2ccc(Oc3ccc4ccc(Oc5ccc(S(=O)(=O)c6ccc(C)cc6)cc5)cc4c3)cc2)cc1. The van der Waals surface area contributed by atoms with Gasteiger partial charge < -0.3 is 9.47 Å². The maximum absolute atomic E-state index is 13.0. The lowest BCUT2D eigenvalue weighted by Gasteiger charge is -2.11. The van der Waals surface area contributed by atoms with Gasteiger partial charge >= 0.3 is 0 Å². The number of hydrogen-bond acceptors (Lipinski definition) is 6. The maximum atomic E-state index is 13.0. The van der Waals surface area contributed by atoms with E-state index in [2.05, 4.69) is 0 Å². The Labute approximate surface area is 257 Å². The summed E-state index contributed by atoms with van der Waals surface area (Å²) in [4.78, 5) is 0.865. The zero-order chi connectivity index (χ0) is 30.9. The van der Waals surface area contributed by atoms with Crippen molar-refractivity contribution in [2.45, 2.75) is 33.4 Å².